The molecule has 24 heavy (non-hydrogen) atoms. The quantitative estimate of drug-likeness (QED) is 0.422. The van der Waals surface area contributed by atoms with E-state index < -0.39 is 21.1 Å². The van der Waals surface area contributed by atoms with E-state index in [1.165, 1.54) is 61.4 Å². The van der Waals surface area contributed by atoms with E-state index in [4.69, 9.17) is 9.47 Å². The number of aromatic nitrogens is 2. The first-order chi connectivity index (χ1) is 11.6. The van der Waals surface area contributed by atoms with Crippen molar-refractivity contribution in [1.82, 2.24) is 9.97 Å². The van der Waals surface area contributed by atoms with Gasteiger partial charge in [0.2, 0.25) is 0 Å². The van der Waals surface area contributed by atoms with Gasteiger partial charge in [0.05, 0.1) is 0 Å². The van der Waals surface area contributed by atoms with E-state index in [1.54, 1.807) is 14.2 Å². The minimum absolute atomic E-state index is 0.399. The molecule has 0 aliphatic rings. The molecule has 0 amide bonds. The third kappa shape index (κ3) is 6.77. The van der Waals surface area contributed by atoms with E-state index in [0.29, 0.717) is 9.44 Å². The maximum absolute atomic E-state index is 5.56. The van der Waals surface area contributed by atoms with Crippen molar-refractivity contribution in [3.8, 4) is 11.9 Å². The van der Waals surface area contributed by atoms with Crippen LogP contribution in [0.2, 0.25) is 3.43 Å². The monoisotopic (exact) mass is 442 g/mol. The molecule has 0 saturated heterocycles. The molecule has 0 unspecified atom stereocenters. The van der Waals surface area contributed by atoms with E-state index >= 15 is 0 Å². The standard InChI is InChI=1S/C13H27.C6H7N2O2.Sn/c1-4-7-10-13(11-8-5-2)12-9-6-3;1-9-5-3-4-7-6(8-5)10-2;/h4-12H2,1-3H3;4H,1-2H3;. The van der Waals surface area contributed by atoms with Crippen LogP contribution in [-0.2, 0) is 0 Å². The van der Waals surface area contributed by atoms with Crippen LogP contribution in [0.15, 0.2) is 6.20 Å². The van der Waals surface area contributed by atoms with Gasteiger partial charge in [0.25, 0.3) is 0 Å². The summed E-state index contributed by atoms with van der Waals surface area (Å²) in [5.74, 6) is 0.738. The Morgan fingerprint density at radius 2 is 1.46 bits per heavy atom. The number of hydrogen-bond acceptors (Lipinski definition) is 4. The van der Waals surface area contributed by atoms with Crippen molar-refractivity contribution in [2.24, 2.45) is 0 Å². The van der Waals surface area contributed by atoms with Gasteiger partial charge in [0, 0.05) is 0 Å². The second-order valence-electron chi connectivity index (χ2n) is 6.50. The third-order valence-electron chi connectivity index (χ3n) is 4.53. The molecule has 1 aromatic heterocycles. The Hall–Kier alpha value is -0.521. The maximum atomic E-state index is 5.56. The van der Waals surface area contributed by atoms with Gasteiger partial charge in [0.15, 0.2) is 0 Å². The predicted octanol–water partition coefficient (Wildman–Crippen LogP) is 4.55. The van der Waals surface area contributed by atoms with Crippen molar-refractivity contribution in [2.45, 2.75) is 82.0 Å². The van der Waals surface area contributed by atoms with Gasteiger partial charge in [-0.1, -0.05) is 0 Å². The second kappa shape index (κ2) is 11.9. The van der Waals surface area contributed by atoms with Gasteiger partial charge < -0.3 is 0 Å². The van der Waals surface area contributed by atoms with Gasteiger partial charge >= 0.3 is 158 Å². The van der Waals surface area contributed by atoms with Crippen molar-refractivity contribution in [2.75, 3.05) is 14.2 Å². The molecule has 0 saturated carbocycles. The summed E-state index contributed by atoms with van der Waals surface area (Å²) >= 11 is -0.878. The molecule has 0 N–H and O–H groups in total. The van der Waals surface area contributed by atoms with Crippen LogP contribution < -0.4 is 13.1 Å². The number of ether oxygens (including phenoxy) is 2. The van der Waals surface area contributed by atoms with Gasteiger partial charge in [-0.05, 0) is 0 Å². The van der Waals surface area contributed by atoms with Crippen molar-refractivity contribution in [3.05, 3.63) is 6.20 Å². The second-order valence-corrected chi connectivity index (χ2v) is 11.8. The first-order valence-electron chi connectivity index (χ1n) is 9.37. The summed E-state index contributed by atoms with van der Waals surface area (Å²) in [6.07, 6.45) is 13.8. The first-order valence-corrected chi connectivity index (χ1v) is 12.2. The Bertz CT molecular complexity index is 447. The molecule has 1 aromatic rings. The number of unbranched alkanes of at least 4 members (excludes halogenated alkanes) is 3. The zero-order chi connectivity index (χ0) is 17.8. The minimum atomic E-state index is -0.878. The molecule has 1 rings (SSSR count). The van der Waals surface area contributed by atoms with E-state index in [9.17, 15) is 0 Å². The van der Waals surface area contributed by atoms with Crippen LogP contribution in [-0.4, -0.2) is 45.3 Å². The van der Waals surface area contributed by atoms with E-state index in [0.717, 1.165) is 5.88 Å². The molecule has 0 atom stereocenters. The Balaban J connectivity index is 3.07. The van der Waals surface area contributed by atoms with Gasteiger partial charge in [-0.15, -0.1) is 0 Å². The number of hydrogen-bond donors (Lipinski definition) is 0. The summed E-state index contributed by atoms with van der Waals surface area (Å²) in [6.45, 7) is 6.89. The number of nitrogens with zero attached hydrogens (tertiary/aromatic N) is 2. The number of rotatable bonds is 13. The SMILES string of the molecule is CCCC[C](CCCC)(CCCC)[Sn][c]1cnc(OC)nc1OC. The molecule has 0 spiro atoms. The van der Waals surface area contributed by atoms with Crippen molar-refractivity contribution >= 4 is 24.7 Å². The molecule has 1 heterocycles. The molecule has 136 valence electrons. The van der Waals surface area contributed by atoms with Crippen LogP contribution in [0.3, 0.4) is 0 Å². The molecule has 0 fully saturated rings. The molecule has 0 aromatic carbocycles. The molecule has 2 radical (unpaired) electrons. The fourth-order valence-electron chi connectivity index (χ4n) is 3.08. The van der Waals surface area contributed by atoms with Crippen LogP contribution >= 0.6 is 0 Å². The van der Waals surface area contributed by atoms with E-state index in [-0.39, 0.29) is 0 Å². The van der Waals surface area contributed by atoms with Crippen LogP contribution in [0.5, 0.6) is 11.9 Å². The normalized spacial score (nSPS) is 11.5. The van der Waals surface area contributed by atoms with E-state index in [1.807, 2.05) is 6.20 Å². The molecular weight excluding hydrogens is 407 g/mol. The first kappa shape index (κ1) is 21.5. The van der Waals surface area contributed by atoms with Gasteiger partial charge in [-0.25, -0.2) is 0 Å². The fourth-order valence-corrected chi connectivity index (χ4v) is 8.42. The Morgan fingerprint density at radius 1 is 0.917 bits per heavy atom. The number of methoxy groups -OCH3 is 2. The predicted molar refractivity (Wildman–Crippen MR) is 102 cm³/mol. The molecule has 4 nitrogen and oxygen atoms in total. The van der Waals surface area contributed by atoms with Crippen LogP contribution in [0, 0.1) is 0 Å². The summed E-state index contributed by atoms with van der Waals surface area (Å²) < 4.78 is 12.5. The molecule has 0 aliphatic heterocycles. The van der Waals surface area contributed by atoms with Crippen molar-refractivity contribution in [3.63, 3.8) is 0 Å². The van der Waals surface area contributed by atoms with Gasteiger partial charge in [-0.3, -0.25) is 0 Å². The fraction of sp³-hybridized carbons (Fsp3) is 0.789. The zero-order valence-corrected chi connectivity index (χ0v) is 19.0. The Morgan fingerprint density at radius 3 is 1.88 bits per heavy atom. The molecule has 0 aliphatic carbocycles. The molecular formula is C19H34N2O2Sn. The summed E-state index contributed by atoms with van der Waals surface area (Å²) in [7, 11) is 3.30. The van der Waals surface area contributed by atoms with E-state index in [2.05, 4.69) is 30.7 Å². The van der Waals surface area contributed by atoms with Crippen LogP contribution in [0.25, 0.3) is 0 Å². The van der Waals surface area contributed by atoms with Gasteiger partial charge in [-0.2, -0.15) is 0 Å². The van der Waals surface area contributed by atoms with Crippen LogP contribution in [0.1, 0.15) is 78.6 Å². The summed E-state index contributed by atoms with van der Waals surface area (Å²) in [5.41, 5.74) is 0. The summed E-state index contributed by atoms with van der Waals surface area (Å²) in [4.78, 5) is 8.78. The summed E-state index contributed by atoms with van der Waals surface area (Å²) in [5, 5.41) is 0. The van der Waals surface area contributed by atoms with Gasteiger partial charge in [0.1, 0.15) is 0 Å². The average molecular weight is 441 g/mol. The molecule has 5 heteroatoms. The average Bonchev–Trinajstić information content (AvgIpc) is 2.63. The topological polar surface area (TPSA) is 44.2 Å². The Labute approximate surface area is 158 Å². The van der Waals surface area contributed by atoms with Crippen molar-refractivity contribution in [1.29, 1.82) is 0 Å². The summed E-state index contributed by atoms with van der Waals surface area (Å²) in [6, 6.07) is 0.399. The van der Waals surface area contributed by atoms with Crippen molar-refractivity contribution < 1.29 is 9.47 Å². The van der Waals surface area contributed by atoms with Crippen LogP contribution in [0.4, 0.5) is 0 Å². The molecule has 0 bridgehead atoms. The zero-order valence-electron chi connectivity index (χ0n) is 16.2. The third-order valence-corrected chi connectivity index (χ3v) is 9.94. The Kier molecular flexibility index (Phi) is 10.7.